The van der Waals surface area contributed by atoms with Crippen LogP contribution in [0.2, 0.25) is 0 Å². The molecule has 0 aliphatic heterocycles. The van der Waals surface area contributed by atoms with Gasteiger partial charge < -0.3 is 5.32 Å². The van der Waals surface area contributed by atoms with Crippen LogP contribution in [-0.2, 0) is 10.2 Å². The van der Waals surface area contributed by atoms with E-state index in [4.69, 9.17) is 0 Å². The average Bonchev–Trinajstić information content (AvgIpc) is 3.33. The maximum absolute atomic E-state index is 13.0. The highest BCUT2D eigenvalue weighted by Gasteiger charge is 2.51. The largest absolute Gasteiger partial charge is 0.325 e. The van der Waals surface area contributed by atoms with Crippen molar-refractivity contribution < 1.29 is 4.79 Å². The summed E-state index contributed by atoms with van der Waals surface area (Å²) in [5, 5.41) is 14.7. The number of halogens is 1. The molecule has 0 atom stereocenters. The first-order chi connectivity index (χ1) is 12.5. The number of hydrogen-bond donors (Lipinski definition) is 1. The lowest BCUT2D eigenvalue weighted by molar-refractivity contribution is -0.118. The van der Waals surface area contributed by atoms with Gasteiger partial charge in [0.05, 0.1) is 11.1 Å². The van der Waals surface area contributed by atoms with E-state index >= 15 is 0 Å². The summed E-state index contributed by atoms with van der Waals surface area (Å²) in [7, 11) is 0. The smallest absolute Gasteiger partial charge is 0.235 e. The van der Waals surface area contributed by atoms with Crippen molar-refractivity contribution in [3.63, 3.8) is 0 Å². The molecule has 1 saturated carbocycles. The number of rotatable bonds is 4. The Bertz CT molecular complexity index is 993. The summed E-state index contributed by atoms with van der Waals surface area (Å²) in [6.07, 6.45) is 1.72. The van der Waals surface area contributed by atoms with Crippen LogP contribution in [0.3, 0.4) is 0 Å². The van der Waals surface area contributed by atoms with Gasteiger partial charge >= 0.3 is 0 Å². The minimum atomic E-state index is -0.431. The molecule has 132 valence electrons. The number of aryl methyl sites for hydroxylation is 2. The second-order valence-electron chi connectivity index (χ2n) is 6.69. The zero-order valence-corrected chi connectivity index (χ0v) is 16.1. The van der Waals surface area contributed by atoms with Crippen molar-refractivity contribution in [3.05, 3.63) is 63.9 Å². The van der Waals surface area contributed by atoms with Gasteiger partial charge in [0.1, 0.15) is 0 Å². The second kappa shape index (κ2) is 6.32. The van der Waals surface area contributed by atoms with E-state index in [9.17, 15) is 4.79 Å². The molecule has 7 heteroatoms. The van der Waals surface area contributed by atoms with E-state index in [-0.39, 0.29) is 5.91 Å². The molecule has 0 bridgehead atoms. The van der Waals surface area contributed by atoms with E-state index in [0.29, 0.717) is 5.82 Å². The standard InChI is InChI=1S/C19H18BrN5O/c1-12-6-7-16(11-17(12)25-13(2)22-23-24-25)21-18(26)19(8-9-19)14-4-3-5-15(20)10-14/h3-7,10-11H,8-9H2,1-2H3,(H,21,26). The molecule has 0 radical (unpaired) electrons. The number of anilines is 1. The quantitative estimate of drug-likeness (QED) is 0.709. The Kier molecular flexibility index (Phi) is 4.11. The zero-order valence-electron chi connectivity index (χ0n) is 14.5. The minimum Gasteiger partial charge on any atom is -0.325 e. The van der Waals surface area contributed by atoms with Gasteiger partial charge in [0.2, 0.25) is 5.91 Å². The predicted molar refractivity (Wildman–Crippen MR) is 102 cm³/mol. The summed E-state index contributed by atoms with van der Waals surface area (Å²) in [6.45, 7) is 3.84. The molecule has 1 N–H and O–H groups in total. The van der Waals surface area contributed by atoms with Crippen LogP contribution in [0.5, 0.6) is 0 Å². The Balaban J connectivity index is 1.62. The first-order valence-electron chi connectivity index (χ1n) is 8.43. The summed E-state index contributed by atoms with van der Waals surface area (Å²) >= 11 is 3.49. The van der Waals surface area contributed by atoms with Crippen LogP contribution in [0.15, 0.2) is 46.9 Å². The summed E-state index contributed by atoms with van der Waals surface area (Å²) < 4.78 is 2.66. The number of carbonyl (C=O) groups is 1. The molecule has 1 amide bonds. The van der Waals surface area contributed by atoms with Crippen molar-refractivity contribution in [3.8, 4) is 5.69 Å². The van der Waals surface area contributed by atoms with Crippen molar-refractivity contribution in [2.45, 2.75) is 32.1 Å². The Hall–Kier alpha value is -2.54. The van der Waals surface area contributed by atoms with E-state index < -0.39 is 5.41 Å². The van der Waals surface area contributed by atoms with Crippen molar-refractivity contribution in [1.82, 2.24) is 20.2 Å². The van der Waals surface area contributed by atoms with Gasteiger partial charge in [0.15, 0.2) is 5.82 Å². The van der Waals surface area contributed by atoms with Crippen LogP contribution >= 0.6 is 15.9 Å². The summed E-state index contributed by atoms with van der Waals surface area (Å²) in [6, 6.07) is 13.8. The molecule has 0 unspecified atom stereocenters. The Morgan fingerprint density at radius 2 is 2.00 bits per heavy atom. The van der Waals surface area contributed by atoms with Gasteiger partial charge in [-0.25, -0.2) is 0 Å². The Morgan fingerprint density at radius 1 is 1.19 bits per heavy atom. The molecule has 3 aromatic rings. The van der Waals surface area contributed by atoms with Gasteiger partial charge in [-0.15, -0.1) is 5.10 Å². The fourth-order valence-electron chi connectivity index (χ4n) is 3.18. The van der Waals surface area contributed by atoms with Gasteiger partial charge in [-0.1, -0.05) is 34.1 Å². The highest BCUT2D eigenvalue weighted by atomic mass is 79.9. The first-order valence-corrected chi connectivity index (χ1v) is 9.22. The first kappa shape index (κ1) is 16.9. The maximum atomic E-state index is 13.0. The number of aromatic nitrogens is 4. The normalized spacial score (nSPS) is 14.9. The van der Waals surface area contributed by atoms with Crippen molar-refractivity contribution in [1.29, 1.82) is 0 Å². The van der Waals surface area contributed by atoms with Crippen LogP contribution in [-0.4, -0.2) is 26.1 Å². The van der Waals surface area contributed by atoms with Gasteiger partial charge in [-0.05, 0) is 72.5 Å². The fourth-order valence-corrected chi connectivity index (χ4v) is 3.58. The highest BCUT2D eigenvalue weighted by molar-refractivity contribution is 9.10. The number of tetrazole rings is 1. The second-order valence-corrected chi connectivity index (χ2v) is 7.60. The number of nitrogens with zero attached hydrogens (tertiary/aromatic N) is 4. The summed E-state index contributed by atoms with van der Waals surface area (Å²) in [5.41, 5.74) is 3.25. The molecule has 26 heavy (non-hydrogen) atoms. The molecule has 4 rings (SSSR count). The lowest BCUT2D eigenvalue weighted by Gasteiger charge is -2.17. The van der Waals surface area contributed by atoms with Crippen molar-refractivity contribution >= 4 is 27.5 Å². The third-order valence-corrected chi connectivity index (χ3v) is 5.38. The highest BCUT2D eigenvalue weighted by Crippen LogP contribution is 2.49. The summed E-state index contributed by atoms with van der Waals surface area (Å²) in [5.74, 6) is 0.725. The minimum absolute atomic E-state index is 0.0267. The molecule has 1 aliphatic carbocycles. The number of carbonyl (C=O) groups excluding carboxylic acids is 1. The van der Waals surface area contributed by atoms with E-state index in [1.54, 1.807) is 4.68 Å². The Morgan fingerprint density at radius 3 is 2.65 bits per heavy atom. The maximum Gasteiger partial charge on any atom is 0.235 e. The van der Waals surface area contributed by atoms with Crippen LogP contribution < -0.4 is 5.32 Å². The third-order valence-electron chi connectivity index (χ3n) is 4.88. The molecule has 6 nitrogen and oxygen atoms in total. The number of nitrogens with one attached hydrogen (secondary N) is 1. The van der Waals surface area contributed by atoms with Crippen LogP contribution in [0.4, 0.5) is 5.69 Å². The fraction of sp³-hybridized carbons (Fsp3) is 0.263. The number of amides is 1. The van der Waals surface area contributed by atoms with Gasteiger partial charge in [-0.2, -0.15) is 4.68 Å². The van der Waals surface area contributed by atoms with Gasteiger partial charge in [0, 0.05) is 10.2 Å². The average molecular weight is 412 g/mol. The van der Waals surface area contributed by atoms with E-state index in [2.05, 4.69) is 36.8 Å². The monoisotopic (exact) mass is 411 g/mol. The Labute approximate surface area is 159 Å². The zero-order chi connectivity index (χ0) is 18.3. The molecule has 1 aromatic heterocycles. The lowest BCUT2D eigenvalue weighted by atomic mass is 9.95. The molecule has 0 spiro atoms. The molecule has 1 heterocycles. The third kappa shape index (κ3) is 2.92. The van der Waals surface area contributed by atoms with E-state index in [1.165, 1.54) is 0 Å². The molecule has 2 aromatic carbocycles. The summed E-state index contributed by atoms with van der Waals surface area (Å²) in [4.78, 5) is 13.0. The van der Waals surface area contributed by atoms with E-state index in [1.807, 2.05) is 56.3 Å². The molecular formula is C19H18BrN5O. The van der Waals surface area contributed by atoms with Crippen molar-refractivity contribution in [2.75, 3.05) is 5.32 Å². The molecule has 0 saturated heterocycles. The van der Waals surface area contributed by atoms with Crippen LogP contribution in [0.1, 0.15) is 29.8 Å². The lowest BCUT2D eigenvalue weighted by Crippen LogP contribution is -2.27. The topological polar surface area (TPSA) is 72.7 Å². The SMILES string of the molecule is Cc1ccc(NC(=O)C2(c3cccc(Br)c3)CC2)cc1-n1nnnc1C. The number of hydrogen-bond acceptors (Lipinski definition) is 4. The van der Waals surface area contributed by atoms with Gasteiger partial charge in [-0.3, -0.25) is 4.79 Å². The van der Waals surface area contributed by atoms with Crippen molar-refractivity contribution in [2.24, 2.45) is 0 Å². The van der Waals surface area contributed by atoms with Crippen LogP contribution in [0.25, 0.3) is 5.69 Å². The molecular weight excluding hydrogens is 394 g/mol. The molecule has 1 fully saturated rings. The van der Waals surface area contributed by atoms with Crippen LogP contribution in [0, 0.1) is 13.8 Å². The van der Waals surface area contributed by atoms with Gasteiger partial charge in [0.25, 0.3) is 0 Å². The molecule has 1 aliphatic rings. The number of benzene rings is 2. The van der Waals surface area contributed by atoms with E-state index in [0.717, 1.165) is 39.8 Å². The predicted octanol–water partition coefficient (Wildman–Crippen LogP) is 3.71.